The van der Waals surface area contributed by atoms with Crippen molar-refractivity contribution < 1.29 is 19.5 Å². The molecule has 86 valence electrons. The number of carbonyl (C=O) groups excluding carboxylic acids is 2. The van der Waals surface area contributed by atoms with Crippen LogP contribution in [-0.2, 0) is 14.4 Å². The van der Waals surface area contributed by atoms with Gasteiger partial charge in [0, 0.05) is 25.1 Å². The monoisotopic (exact) mass is 233 g/mol. The van der Waals surface area contributed by atoms with Crippen LogP contribution >= 0.6 is 11.8 Å². The molecule has 0 aliphatic rings. The van der Waals surface area contributed by atoms with Gasteiger partial charge in [0.25, 0.3) is 0 Å². The van der Waals surface area contributed by atoms with Crippen LogP contribution in [0.1, 0.15) is 20.3 Å². The van der Waals surface area contributed by atoms with Crippen LogP contribution in [0.15, 0.2) is 0 Å². The van der Waals surface area contributed by atoms with Crippen LogP contribution < -0.4 is 5.32 Å². The zero-order chi connectivity index (χ0) is 11.8. The summed E-state index contributed by atoms with van der Waals surface area (Å²) in [5.41, 5.74) is 0. The van der Waals surface area contributed by atoms with Crippen LogP contribution in [0.25, 0.3) is 0 Å². The highest BCUT2D eigenvalue weighted by atomic mass is 32.2. The molecule has 5 nitrogen and oxygen atoms in total. The first-order chi connectivity index (χ1) is 6.93. The summed E-state index contributed by atoms with van der Waals surface area (Å²) in [5.74, 6) is -1.30. The molecule has 15 heavy (non-hydrogen) atoms. The second-order valence-corrected chi connectivity index (χ2v) is 4.40. The van der Waals surface area contributed by atoms with Crippen molar-refractivity contribution in [3.8, 4) is 0 Å². The van der Waals surface area contributed by atoms with Crippen LogP contribution in [-0.4, -0.2) is 34.4 Å². The van der Waals surface area contributed by atoms with Gasteiger partial charge in [-0.2, -0.15) is 0 Å². The van der Waals surface area contributed by atoms with E-state index in [1.165, 1.54) is 6.92 Å². The molecule has 2 N–H and O–H groups in total. The molecule has 0 saturated carbocycles. The topological polar surface area (TPSA) is 83.5 Å². The molecule has 0 radical (unpaired) electrons. The molecule has 0 aliphatic heterocycles. The zero-order valence-corrected chi connectivity index (χ0v) is 9.60. The molecule has 0 heterocycles. The second-order valence-electron chi connectivity index (χ2n) is 3.13. The number of nitrogens with one attached hydrogen (secondary N) is 1. The fourth-order valence-electron chi connectivity index (χ4n) is 0.898. The summed E-state index contributed by atoms with van der Waals surface area (Å²) in [7, 11) is 0. The highest BCUT2D eigenvalue weighted by Crippen LogP contribution is 2.02. The van der Waals surface area contributed by atoms with Gasteiger partial charge in [-0.15, -0.1) is 0 Å². The Balaban J connectivity index is 3.64. The molecule has 1 unspecified atom stereocenters. The van der Waals surface area contributed by atoms with E-state index in [4.69, 9.17) is 5.11 Å². The van der Waals surface area contributed by atoms with Crippen LogP contribution in [0.5, 0.6) is 0 Å². The van der Waals surface area contributed by atoms with Crippen molar-refractivity contribution in [3.63, 3.8) is 0 Å². The first kappa shape index (κ1) is 14.0. The maximum absolute atomic E-state index is 11.3. The lowest BCUT2D eigenvalue weighted by Gasteiger charge is -2.09. The first-order valence-corrected chi connectivity index (χ1v) is 5.55. The van der Waals surface area contributed by atoms with Gasteiger partial charge in [-0.1, -0.05) is 18.7 Å². The van der Waals surface area contributed by atoms with E-state index in [1.807, 2.05) is 0 Å². The average Bonchev–Trinajstić information content (AvgIpc) is 2.10. The van der Waals surface area contributed by atoms with Crippen molar-refractivity contribution in [1.82, 2.24) is 5.32 Å². The van der Waals surface area contributed by atoms with Crippen molar-refractivity contribution in [3.05, 3.63) is 0 Å². The molecule has 6 heteroatoms. The number of carboxylic acid groups (broad SMARTS) is 1. The van der Waals surface area contributed by atoms with E-state index in [0.717, 1.165) is 11.8 Å². The summed E-state index contributed by atoms with van der Waals surface area (Å²) in [4.78, 5) is 32.1. The Morgan fingerprint density at radius 3 is 2.47 bits per heavy atom. The Morgan fingerprint density at radius 1 is 1.40 bits per heavy atom. The van der Waals surface area contributed by atoms with Crippen LogP contribution in [0.3, 0.4) is 0 Å². The lowest BCUT2D eigenvalue weighted by atomic mass is 10.1. The van der Waals surface area contributed by atoms with E-state index >= 15 is 0 Å². The molecule has 0 aliphatic carbocycles. The lowest BCUT2D eigenvalue weighted by Crippen LogP contribution is -2.32. The Bertz CT molecular complexity index is 254. The molecule has 1 atom stereocenters. The van der Waals surface area contributed by atoms with Crippen molar-refractivity contribution in [1.29, 1.82) is 0 Å². The molecule has 0 aromatic heterocycles. The highest BCUT2D eigenvalue weighted by Gasteiger charge is 2.15. The number of rotatable bonds is 6. The van der Waals surface area contributed by atoms with Gasteiger partial charge >= 0.3 is 5.97 Å². The normalized spacial score (nSPS) is 11.9. The Labute approximate surface area is 92.6 Å². The van der Waals surface area contributed by atoms with Crippen molar-refractivity contribution >= 4 is 28.8 Å². The smallest absolute Gasteiger partial charge is 0.304 e. The van der Waals surface area contributed by atoms with Gasteiger partial charge in [0.15, 0.2) is 5.12 Å². The minimum Gasteiger partial charge on any atom is -0.481 e. The number of hydrogen-bond acceptors (Lipinski definition) is 4. The second kappa shape index (κ2) is 7.28. The largest absolute Gasteiger partial charge is 0.481 e. The minimum atomic E-state index is -0.990. The van der Waals surface area contributed by atoms with Gasteiger partial charge in [0.05, 0.1) is 6.42 Å². The number of thioether (sulfide) groups is 1. The van der Waals surface area contributed by atoms with Crippen LogP contribution in [0.2, 0.25) is 0 Å². The molecule has 0 aromatic carbocycles. The van der Waals surface area contributed by atoms with E-state index in [9.17, 15) is 14.4 Å². The fraction of sp³-hybridized carbons (Fsp3) is 0.667. The zero-order valence-electron chi connectivity index (χ0n) is 8.78. The van der Waals surface area contributed by atoms with Gasteiger partial charge in [-0.05, 0) is 0 Å². The van der Waals surface area contributed by atoms with E-state index in [1.54, 1.807) is 6.92 Å². The van der Waals surface area contributed by atoms with Crippen LogP contribution in [0.4, 0.5) is 0 Å². The molecule has 0 fully saturated rings. The van der Waals surface area contributed by atoms with Crippen molar-refractivity contribution in [2.75, 3.05) is 12.3 Å². The summed E-state index contributed by atoms with van der Waals surface area (Å²) in [6.45, 7) is 3.40. The van der Waals surface area contributed by atoms with Gasteiger partial charge in [0.1, 0.15) is 0 Å². The fourth-order valence-corrected chi connectivity index (χ4v) is 1.39. The van der Waals surface area contributed by atoms with Gasteiger partial charge in [0.2, 0.25) is 5.91 Å². The Hall–Kier alpha value is -1.04. The molecule has 1 amide bonds. The van der Waals surface area contributed by atoms with E-state index in [0.29, 0.717) is 12.3 Å². The first-order valence-electron chi connectivity index (χ1n) is 4.56. The Kier molecular flexibility index (Phi) is 6.77. The standard InChI is InChI=1S/C9H15NO4S/c1-6(5-8(12)13)9(14)10-3-4-15-7(2)11/h6H,3-5H2,1-2H3,(H,10,14)(H,12,13). The molecule has 0 spiro atoms. The van der Waals surface area contributed by atoms with Gasteiger partial charge < -0.3 is 10.4 Å². The summed E-state index contributed by atoms with van der Waals surface area (Å²) in [6.07, 6.45) is -0.175. The lowest BCUT2D eigenvalue weighted by molar-refractivity contribution is -0.140. The van der Waals surface area contributed by atoms with Crippen molar-refractivity contribution in [2.24, 2.45) is 5.92 Å². The molecular formula is C9H15NO4S. The van der Waals surface area contributed by atoms with Crippen LogP contribution in [0, 0.1) is 5.92 Å². The Morgan fingerprint density at radius 2 is 2.00 bits per heavy atom. The molecule has 0 rings (SSSR count). The molecule has 0 saturated heterocycles. The number of amides is 1. The number of hydrogen-bond donors (Lipinski definition) is 2. The number of aliphatic carboxylic acids is 1. The summed E-state index contributed by atoms with van der Waals surface area (Å²) >= 11 is 1.13. The van der Waals surface area contributed by atoms with E-state index in [-0.39, 0.29) is 17.4 Å². The molecule has 0 aromatic rings. The third kappa shape index (κ3) is 7.99. The van der Waals surface area contributed by atoms with E-state index in [2.05, 4.69) is 5.32 Å². The maximum Gasteiger partial charge on any atom is 0.304 e. The third-order valence-electron chi connectivity index (χ3n) is 1.64. The molecule has 0 bridgehead atoms. The predicted molar refractivity (Wildman–Crippen MR) is 57.6 cm³/mol. The average molecular weight is 233 g/mol. The number of carbonyl (C=O) groups is 3. The SMILES string of the molecule is CC(=O)SCCNC(=O)C(C)CC(=O)O. The predicted octanol–water partition coefficient (Wildman–Crippen LogP) is 0.493. The number of carboxylic acids is 1. The highest BCUT2D eigenvalue weighted by molar-refractivity contribution is 8.13. The third-order valence-corrected chi connectivity index (χ3v) is 2.45. The van der Waals surface area contributed by atoms with Crippen molar-refractivity contribution in [2.45, 2.75) is 20.3 Å². The minimum absolute atomic E-state index is 0.00262. The summed E-state index contributed by atoms with van der Waals surface area (Å²) in [5, 5.41) is 11.0. The van der Waals surface area contributed by atoms with Gasteiger partial charge in [-0.25, -0.2) is 0 Å². The van der Waals surface area contributed by atoms with E-state index < -0.39 is 11.9 Å². The van der Waals surface area contributed by atoms with Gasteiger partial charge in [-0.3, -0.25) is 14.4 Å². The summed E-state index contributed by atoms with van der Waals surface area (Å²) in [6, 6.07) is 0. The molecular weight excluding hydrogens is 218 g/mol. The quantitative estimate of drug-likeness (QED) is 0.652. The maximum atomic E-state index is 11.3. The summed E-state index contributed by atoms with van der Waals surface area (Å²) < 4.78 is 0.